The fourth-order valence-electron chi connectivity index (χ4n) is 2.02. The van der Waals surface area contributed by atoms with E-state index in [4.69, 9.17) is 0 Å². The highest BCUT2D eigenvalue weighted by molar-refractivity contribution is 5.84. The topological polar surface area (TPSA) is 34.1 Å². The molecule has 0 saturated heterocycles. The van der Waals surface area contributed by atoms with Gasteiger partial charge in [0.2, 0.25) is 0 Å². The highest BCUT2D eigenvalue weighted by Gasteiger charge is 2.25. The second-order valence-electron chi connectivity index (χ2n) is 8.54. The van der Waals surface area contributed by atoms with Gasteiger partial charge in [-0.15, -0.1) is 0 Å². The van der Waals surface area contributed by atoms with Gasteiger partial charge in [-0.05, 0) is 11.8 Å². The first-order valence-electron chi connectivity index (χ1n) is 7.90. The molecule has 0 spiro atoms. The summed E-state index contributed by atoms with van der Waals surface area (Å²) in [5.74, 6) is 1.50. The van der Waals surface area contributed by atoms with Crippen LogP contribution in [0.5, 0.6) is 0 Å². The molecule has 0 bridgehead atoms. The monoisotopic (exact) mass is 282 g/mol. The maximum Gasteiger partial charge on any atom is 0.138 e. The van der Waals surface area contributed by atoms with Gasteiger partial charge in [0.05, 0.1) is 0 Å². The number of ketones is 2. The smallest absolute Gasteiger partial charge is 0.138 e. The van der Waals surface area contributed by atoms with Crippen LogP contribution in [0.2, 0.25) is 0 Å². The van der Waals surface area contributed by atoms with Crippen molar-refractivity contribution in [2.24, 2.45) is 22.7 Å². The Bertz CT molecular complexity index is 294. The first-order valence-corrected chi connectivity index (χ1v) is 7.90. The van der Waals surface area contributed by atoms with Crippen molar-refractivity contribution in [3.05, 3.63) is 0 Å². The first-order chi connectivity index (χ1) is 8.84. The summed E-state index contributed by atoms with van der Waals surface area (Å²) in [5.41, 5.74) is -0.468. The molecule has 2 atom stereocenters. The van der Waals surface area contributed by atoms with Crippen molar-refractivity contribution >= 4 is 11.6 Å². The van der Waals surface area contributed by atoms with Crippen LogP contribution in [0.4, 0.5) is 0 Å². The van der Waals surface area contributed by atoms with Gasteiger partial charge >= 0.3 is 0 Å². The Morgan fingerprint density at radius 2 is 0.950 bits per heavy atom. The molecule has 0 aliphatic carbocycles. The van der Waals surface area contributed by atoms with E-state index in [1.54, 1.807) is 0 Å². The van der Waals surface area contributed by atoms with E-state index in [9.17, 15) is 9.59 Å². The third-order valence-electron chi connectivity index (χ3n) is 3.89. The second-order valence-corrected chi connectivity index (χ2v) is 8.54. The molecule has 20 heavy (non-hydrogen) atoms. The Morgan fingerprint density at radius 1 is 0.700 bits per heavy atom. The molecule has 2 heteroatoms. The molecule has 0 aliphatic heterocycles. The molecule has 118 valence electrons. The maximum atomic E-state index is 12.0. The largest absolute Gasteiger partial charge is 0.299 e. The molecule has 0 amide bonds. The van der Waals surface area contributed by atoms with E-state index in [1.165, 1.54) is 0 Å². The summed E-state index contributed by atoms with van der Waals surface area (Å²) in [7, 11) is 0. The van der Waals surface area contributed by atoms with Crippen LogP contribution in [0.25, 0.3) is 0 Å². The van der Waals surface area contributed by atoms with E-state index in [0.29, 0.717) is 36.2 Å². The summed E-state index contributed by atoms with van der Waals surface area (Å²) in [6.45, 7) is 16.2. The molecule has 0 aromatic carbocycles. The van der Waals surface area contributed by atoms with Crippen molar-refractivity contribution < 1.29 is 9.59 Å². The van der Waals surface area contributed by atoms with Gasteiger partial charge in [0.1, 0.15) is 11.6 Å². The van der Waals surface area contributed by atoms with Crippen molar-refractivity contribution in [2.75, 3.05) is 0 Å². The number of carbonyl (C=O) groups excluding carboxylic acids is 2. The van der Waals surface area contributed by atoms with Crippen LogP contribution in [-0.2, 0) is 9.59 Å². The first kappa shape index (κ1) is 19.3. The number of hydrogen-bond donors (Lipinski definition) is 0. The van der Waals surface area contributed by atoms with Crippen molar-refractivity contribution in [3.63, 3.8) is 0 Å². The molecular formula is C18H34O2. The van der Waals surface area contributed by atoms with Gasteiger partial charge in [0.25, 0.3) is 0 Å². The predicted octanol–water partition coefficient (Wildman–Crippen LogP) is 5.05. The zero-order chi connectivity index (χ0) is 16.1. The minimum atomic E-state index is -0.234. The fraction of sp³-hybridized carbons (Fsp3) is 0.889. The zero-order valence-electron chi connectivity index (χ0n) is 14.8. The predicted molar refractivity (Wildman–Crippen MR) is 85.7 cm³/mol. The summed E-state index contributed by atoms with van der Waals surface area (Å²) in [6.07, 6.45) is 3.37. The molecule has 0 N–H and O–H groups in total. The number of carbonyl (C=O) groups is 2. The molecule has 0 fully saturated rings. The Hall–Kier alpha value is -0.660. The minimum absolute atomic E-state index is 0.234. The molecule has 0 aliphatic rings. The SMILES string of the molecule is CC(CCC(C)CC(=O)C(C)(C)C)CC(=O)C(C)(C)C. The standard InChI is InChI=1S/C18H34O2/c1-13(11-15(19)17(3,4)5)9-10-14(2)12-16(20)18(6,7)8/h13-14H,9-12H2,1-8H3. The Morgan fingerprint density at radius 3 is 1.15 bits per heavy atom. The Balaban J connectivity index is 4.10. The lowest BCUT2D eigenvalue weighted by Gasteiger charge is -2.22. The van der Waals surface area contributed by atoms with E-state index in [0.717, 1.165) is 12.8 Å². The average Bonchev–Trinajstić information content (AvgIpc) is 2.23. The minimum Gasteiger partial charge on any atom is -0.299 e. The van der Waals surface area contributed by atoms with Crippen molar-refractivity contribution in [1.82, 2.24) is 0 Å². The fourth-order valence-corrected chi connectivity index (χ4v) is 2.02. The molecule has 0 radical (unpaired) electrons. The van der Waals surface area contributed by atoms with E-state index >= 15 is 0 Å². The van der Waals surface area contributed by atoms with Crippen LogP contribution >= 0.6 is 0 Å². The molecular weight excluding hydrogens is 248 g/mol. The number of Topliss-reactive ketones (excluding diaryl/α,β-unsaturated/α-hetero) is 2. The van der Waals surface area contributed by atoms with E-state index < -0.39 is 0 Å². The molecule has 2 unspecified atom stereocenters. The lowest BCUT2D eigenvalue weighted by Crippen LogP contribution is -2.23. The van der Waals surface area contributed by atoms with Crippen LogP contribution in [0.15, 0.2) is 0 Å². The summed E-state index contributed by atoms with van der Waals surface area (Å²) < 4.78 is 0. The van der Waals surface area contributed by atoms with Gasteiger partial charge in [0, 0.05) is 23.7 Å². The van der Waals surface area contributed by atoms with Crippen LogP contribution in [0.1, 0.15) is 81.1 Å². The summed E-state index contributed by atoms with van der Waals surface area (Å²) in [4.78, 5) is 23.9. The van der Waals surface area contributed by atoms with Crippen LogP contribution in [0, 0.1) is 22.7 Å². The Kier molecular flexibility index (Phi) is 7.13. The van der Waals surface area contributed by atoms with Crippen LogP contribution in [0.3, 0.4) is 0 Å². The van der Waals surface area contributed by atoms with Gasteiger partial charge in [-0.25, -0.2) is 0 Å². The van der Waals surface area contributed by atoms with Crippen LogP contribution < -0.4 is 0 Å². The number of hydrogen-bond acceptors (Lipinski definition) is 2. The van der Waals surface area contributed by atoms with Gasteiger partial charge in [-0.3, -0.25) is 9.59 Å². The van der Waals surface area contributed by atoms with Gasteiger partial charge in [0.15, 0.2) is 0 Å². The van der Waals surface area contributed by atoms with Gasteiger partial charge in [-0.1, -0.05) is 68.2 Å². The van der Waals surface area contributed by atoms with E-state index in [1.807, 2.05) is 41.5 Å². The zero-order valence-corrected chi connectivity index (χ0v) is 14.8. The molecule has 0 saturated carbocycles. The molecule has 0 aromatic heterocycles. The summed E-state index contributed by atoms with van der Waals surface area (Å²) >= 11 is 0. The lowest BCUT2D eigenvalue weighted by atomic mass is 9.82. The van der Waals surface area contributed by atoms with Crippen molar-refractivity contribution in [1.29, 1.82) is 0 Å². The highest BCUT2D eigenvalue weighted by Crippen LogP contribution is 2.26. The van der Waals surface area contributed by atoms with E-state index in [-0.39, 0.29) is 10.8 Å². The molecule has 0 rings (SSSR count). The quantitative estimate of drug-likeness (QED) is 0.655. The third kappa shape index (κ3) is 7.81. The molecule has 0 aromatic rings. The maximum absolute atomic E-state index is 12.0. The number of rotatable bonds is 7. The van der Waals surface area contributed by atoms with Gasteiger partial charge < -0.3 is 0 Å². The van der Waals surface area contributed by atoms with Gasteiger partial charge in [-0.2, -0.15) is 0 Å². The van der Waals surface area contributed by atoms with Crippen molar-refractivity contribution in [3.8, 4) is 0 Å². The third-order valence-corrected chi connectivity index (χ3v) is 3.89. The second kappa shape index (κ2) is 7.38. The molecule has 0 heterocycles. The van der Waals surface area contributed by atoms with Crippen molar-refractivity contribution in [2.45, 2.75) is 81.1 Å². The summed E-state index contributed by atoms with van der Waals surface area (Å²) in [6, 6.07) is 0. The summed E-state index contributed by atoms with van der Waals surface area (Å²) in [5, 5.41) is 0. The van der Waals surface area contributed by atoms with E-state index in [2.05, 4.69) is 13.8 Å². The molecule has 2 nitrogen and oxygen atoms in total. The van der Waals surface area contributed by atoms with Crippen LogP contribution in [-0.4, -0.2) is 11.6 Å². The lowest BCUT2D eigenvalue weighted by molar-refractivity contribution is -0.128. The highest BCUT2D eigenvalue weighted by atomic mass is 16.1. The average molecular weight is 282 g/mol. The Labute approximate surface area is 125 Å². The normalized spacial score (nSPS) is 15.8.